The Labute approximate surface area is 215 Å². The van der Waals surface area contributed by atoms with Crippen LogP contribution < -0.4 is 21.1 Å². The number of aromatic nitrogens is 1. The van der Waals surface area contributed by atoms with Gasteiger partial charge in [-0.15, -0.1) is 0 Å². The number of amides is 3. The van der Waals surface area contributed by atoms with E-state index in [1.807, 2.05) is 0 Å². The van der Waals surface area contributed by atoms with E-state index in [1.54, 1.807) is 12.1 Å². The van der Waals surface area contributed by atoms with Crippen LogP contribution in [-0.4, -0.2) is 83.6 Å². The molecule has 1 aliphatic heterocycles. The molecule has 5 N–H and O–H groups in total. The minimum Gasteiger partial charge on any atom is -0.471 e. The van der Waals surface area contributed by atoms with Crippen molar-refractivity contribution in [3.63, 3.8) is 0 Å². The summed E-state index contributed by atoms with van der Waals surface area (Å²) >= 11 is 4.06. The van der Waals surface area contributed by atoms with Gasteiger partial charge in [0.05, 0.1) is 6.61 Å². The first-order chi connectivity index (χ1) is 16.9. The molecule has 13 heteroatoms. The average Bonchev–Trinajstić information content (AvgIpc) is 3.22. The molecule has 0 spiro atoms. The summed E-state index contributed by atoms with van der Waals surface area (Å²) < 4.78 is 24.2. The van der Waals surface area contributed by atoms with Crippen molar-refractivity contribution in [1.82, 2.24) is 19.5 Å². The number of hydrogen-bond acceptors (Lipinski definition) is 8. The van der Waals surface area contributed by atoms with Gasteiger partial charge in [-0.3, -0.25) is 15.0 Å². The highest BCUT2D eigenvalue weighted by atomic mass is 79.9. The summed E-state index contributed by atoms with van der Waals surface area (Å²) in [5, 5.41) is 14.5. The summed E-state index contributed by atoms with van der Waals surface area (Å²) in [6.45, 7) is 6.08. The Morgan fingerprint density at radius 2 is 1.91 bits per heavy atom. The SMILES string of the molecule is NC(=O)c1c(OCc2ccc(Br)cc2F)nsc1NC(=O)NCCCCN1CCN(CCO)CC1. The molecule has 3 amide bonds. The van der Waals surface area contributed by atoms with Crippen molar-refractivity contribution in [2.45, 2.75) is 19.4 Å². The number of ether oxygens (including phenoxy) is 1. The summed E-state index contributed by atoms with van der Waals surface area (Å²) in [6, 6.07) is 4.07. The largest absolute Gasteiger partial charge is 0.471 e. The third-order valence-electron chi connectivity index (χ3n) is 5.58. The van der Waals surface area contributed by atoms with E-state index in [-0.39, 0.29) is 35.2 Å². The number of halogens is 2. The molecular formula is C22H30BrFN6O4S. The highest BCUT2D eigenvalue weighted by Crippen LogP contribution is 2.31. The third kappa shape index (κ3) is 8.39. The molecule has 1 aromatic carbocycles. The Balaban J connectivity index is 1.41. The Hall–Kier alpha value is -2.32. The number of anilines is 1. The molecule has 0 saturated carbocycles. The Kier molecular flexibility index (Phi) is 10.7. The summed E-state index contributed by atoms with van der Waals surface area (Å²) in [6.07, 6.45) is 1.75. The summed E-state index contributed by atoms with van der Waals surface area (Å²) in [5.41, 5.74) is 5.70. The lowest BCUT2D eigenvalue weighted by Gasteiger charge is -2.34. The number of primary amides is 1. The molecule has 10 nitrogen and oxygen atoms in total. The maximum atomic E-state index is 14.0. The van der Waals surface area contributed by atoms with Crippen LogP contribution in [0.4, 0.5) is 14.2 Å². The van der Waals surface area contributed by atoms with E-state index < -0.39 is 17.8 Å². The van der Waals surface area contributed by atoms with Crippen LogP contribution >= 0.6 is 27.5 Å². The van der Waals surface area contributed by atoms with Crippen molar-refractivity contribution in [2.24, 2.45) is 5.73 Å². The highest BCUT2D eigenvalue weighted by molar-refractivity contribution is 9.10. The molecule has 0 radical (unpaired) electrons. The van der Waals surface area contributed by atoms with Crippen molar-refractivity contribution in [1.29, 1.82) is 0 Å². The first-order valence-corrected chi connectivity index (χ1v) is 12.9. The van der Waals surface area contributed by atoms with Gasteiger partial charge in [-0.2, -0.15) is 4.37 Å². The van der Waals surface area contributed by atoms with Gasteiger partial charge in [0.1, 0.15) is 23.0 Å². The number of aliphatic hydroxyl groups excluding tert-OH is 1. The number of nitrogens with zero attached hydrogens (tertiary/aromatic N) is 3. The smallest absolute Gasteiger partial charge is 0.319 e. The quantitative estimate of drug-likeness (QED) is 0.286. The van der Waals surface area contributed by atoms with E-state index in [9.17, 15) is 14.0 Å². The Morgan fingerprint density at radius 1 is 1.20 bits per heavy atom. The highest BCUT2D eigenvalue weighted by Gasteiger charge is 2.22. The second-order valence-electron chi connectivity index (χ2n) is 8.08. The van der Waals surface area contributed by atoms with Gasteiger partial charge in [-0.1, -0.05) is 22.0 Å². The predicted octanol–water partition coefficient (Wildman–Crippen LogP) is 2.23. The second kappa shape index (κ2) is 13.7. The van der Waals surface area contributed by atoms with E-state index in [0.29, 0.717) is 11.0 Å². The van der Waals surface area contributed by atoms with Crippen molar-refractivity contribution >= 4 is 44.4 Å². The fourth-order valence-electron chi connectivity index (χ4n) is 3.65. The van der Waals surface area contributed by atoms with Crippen LogP contribution in [0.25, 0.3) is 0 Å². The lowest BCUT2D eigenvalue weighted by Crippen LogP contribution is -2.47. The number of benzene rings is 1. The molecule has 1 fully saturated rings. The normalized spacial score (nSPS) is 14.6. The van der Waals surface area contributed by atoms with E-state index in [2.05, 4.69) is 40.7 Å². The van der Waals surface area contributed by atoms with Gasteiger partial charge in [0.2, 0.25) is 5.88 Å². The number of carbonyl (C=O) groups excluding carboxylic acids is 2. The number of β-amino-alcohol motifs (C(OH)–C–C–N with tert-alkyl or cyclic N) is 1. The lowest BCUT2D eigenvalue weighted by molar-refractivity contribution is 0.0996. The Morgan fingerprint density at radius 3 is 2.57 bits per heavy atom. The van der Waals surface area contributed by atoms with Crippen molar-refractivity contribution in [3.05, 3.63) is 39.6 Å². The van der Waals surface area contributed by atoms with Crippen LogP contribution in [0.1, 0.15) is 28.8 Å². The predicted molar refractivity (Wildman–Crippen MR) is 135 cm³/mol. The molecular weight excluding hydrogens is 543 g/mol. The van der Waals surface area contributed by atoms with Crippen molar-refractivity contribution in [3.8, 4) is 5.88 Å². The van der Waals surface area contributed by atoms with Crippen LogP contribution in [-0.2, 0) is 6.61 Å². The minimum atomic E-state index is -0.806. The zero-order valence-corrected chi connectivity index (χ0v) is 21.7. The van der Waals surface area contributed by atoms with E-state index in [0.717, 1.165) is 63.6 Å². The topological polar surface area (TPSA) is 133 Å². The summed E-state index contributed by atoms with van der Waals surface area (Å²) in [5.74, 6) is -1.32. The molecule has 35 heavy (non-hydrogen) atoms. The number of urea groups is 1. The molecule has 0 aliphatic carbocycles. The monoisotopic (exact) mass is 572 g/mol. The van der Waals surface area contributed by atoms with E-state index in [1.165, 1.54) is 6.07 Å². The average molecular weight is 573 g/mol. The van der Waals surface area contributed by atoms with Crippen LogP contribution in [0.15, 0.2) is 22.7 Å². The molecule has 3 rings (SSSR count). The van der Waals surface area contributed by atoms with Gasteiger partial charge in [0.15, 0.2) is 0 Å². The van der Waals surface area contributed by atoms with Crippen LogP contribution in [0.3, 0.4) is 0 Å². The van der Waals surface area contributed by atoms with Gasteiger partial charge in [-0.05, 0) is 43.1 Å². The Bertz CT molecular complexity index is 1000. The maximum Gasteiger partial charge on any atom is 0.319 e. The van der Waals surface area contributed by atoms with Gasteiger partial charge in [0.25, 0.3) is 5.91 Å². The zero-order chi connectivity index (χ0) is 25.2. The third-order valence-corrected chi connectivity index (χ3v) is 6.82. The van der Waals surface area contributed by atoms with Crippen LogP contribution in [0.5, 0.6) is 5.88 Å². The molecule has 1 aliphatic rings. The van der Waals surface area contributed by atoms with Crippen LogP contribution in [0, 0.1) is 5.82 Å². The minimum absolute atomic E-state index is 0.0528. The lowest BCUT2D eigenvalue weighted by atomic mass is 10.2. The van der Waals surface area contributed by atoms with Gasteiger partial charge in [-0.25, -0.2) is 9.18 Å². The number of rotatable bonds is 12. The zero-order valence-electron chi connectivity index (χ0n) is 19.3. The van der Waals surface area contributed by atoms with Gasteiger partial charge < -0.3 is 25.8 Å². The van der Waals surface area contributed by atoms with E-state index in [4.69, 9.17) is 15.6 Å². The standard InChI is InChI=1S/C22H30BrFN6O4S/c23-16-4-3-15(17(24)13-16)14-34-20-18(19(25)32)21(35-28-20)27-22(33)26-5-1-2-6-29-7-9-30(10-8-29)11-12-31/h3-4,13,31H,1-2,5-12,14H2,(H2,25,32)(H2,26,27,33). The maximum absolute atomic E-state index is 14.0. The number of hydrogen-bond donors (Lipinski definition) is 4. The molecule has 0 atom stereocenters. The second-order valence-corrected chi connectivity index (χ2v) is 9.76. The number of aliphatic hydroxyl groups is 1. The summed E-state index contributed by atoms with van der Waals surface area (Å²) in [7, 11) is 0. The molecule has 0 bridgehead atoms. The molecule has 1 aromatic heterocycles. The number of unbranched alkanes of at least 4 members (excludes halogenated alkanes) is 1. The van der Waals surface area contributed by atoms with E-state index >= 15 is 0 Å². The van der Waals surface area contributed by atoms with Crippen molar-refractivity contribution < 1.29 is 23.8 Å². The first kappa shape index (κ1) is 27.3. The number of nitrogens with one attached hydrogen (secondary N) is 2. The number of carbonyl (C=O) groups is 2. The molecule has 0 unspecified atom stereocenters. The fraction of sp³-hybridized carbons (Fsp3) is 0.500. The molecule has 2 aromatic rings. The van der Waals surface area contributed by atoms with Gasteiger partial charge in [0, 0.05) is 49.3 Å². The molecule has 2 heterocycles. The molecule has 192 valence electrons. The molecule has 1 saturated heterocycles. The van der Waals surface area contributed by atoms with Gasteiger partial charge >= 0.3 is 6.03 Å². The number of piperazine rings is 1. The summed E-state index contributed by atoms with van der Waals surface area (Å²) in [4.78, 5) is 28.9. The first-order valence-electron chi connectivity index (χ1n) is 11.3. The van der Waals surface area contributed by atoms with Crippen LogP contribution in [0.2, 0.25) is 0 Å². The number of nitrogens with two attached hydrogens (primary N) is 1. The van der Waals surface area contributed by atoms with Crippen molar-refractivity contribution in [2.75, 3.05) is 57.7 Å². The fourth-order valence-corrected chi connectivity index (χ4v) is 4.72.